The summed E-state index contributed by atoms with van der Waals surface area (Å²) < 4.78 is 6.91. The van der Waals surface area contributed by atoms with Gasteiger partial charge in [-0.15, -0.1) is 0 Å². The fraction of sp³-hybridized carbons (Fsp3) is 0.231. The molecule has 0 atom stereocenters. The van der Waals surface area contributed by atoms with Crippen LogP contribution in [-0.2, 0) is 0 Å². The van der Waals surface area contributed by atoms with Crippen molar-refractivity contribution in [2.75, 3.05) is 50.6 Å². The third-order valence-corrected chi connectivity index (χ3v) is 6.94. The molecule has 3 heterocycles. The molecule has 9 nitrogen and oxygen atoms in total. The second kappa shape index (κ2) is 10.3. The van der Waals surface area contributed by atoms with Crippen LogP contribution in [0.4, 0.5) is 17.3 Å². The average Bonchev–Trinajstić information content (AvgIpc) is 2.90. The number of nitrogens with one attached hydrogen (secondary N) is 1. The van der Waals surface area contributed by atoms with Gasteiger partial charge in [-0.1, -0.05) is 29.3 Å². The molecule has 1 N–H and O–H groups in total. The summed E-state index contributed by atoms with van der Waals surface area (Å²) in [6.07, 6.45) is 2.79. The van der Waals surface area contributed by atoms with Gasteiger partial charge in [0, 0.05) is 50.3 Å². The van der Waals surface area contributed by atoms with Crippen molar-refractivity contribution >= 4 is 51.4 Å². The SMILES string of the molecule is COc1cc(Nc2ncc3c(=O)n(-c4c(Cl)cccc4Cl)cc(C#N)c3n2)ccc1N1CCN(C)CC1. The van der Waals surface area contributed by atoms with Crippen molar-refractivity contribution < 1.29 is 4.74 Å². The summed E-state index contributed by atoms with van der Waals surface area (Å²) in [6.45, 7) is 3.81. The van der Waals surface area contributed by atoms with Gasteiger partial charge in [0.15, 0.2) is 0 Å². The van der Waals surface area contributed by atoms with E-state index in [0.29, 0.717) is 11.4 Å². The van der Waals surface area contributed by atoms with Crippen LogP contribution < -0.4 is 20.5 Å². The maximum atomic E-state index is 13.3. The van der Waals surface area contributed by atoms with Crippen molar-refractivity contribution in [1.29, 1.82) is 5.26 Å². The number of anilines is 3. The highest BCUT2D eigenvalue weighted by molar-refractivity contribution is 6.37. The van der Waals surface area contributed by atoms with Crippen LogP contribution in [0.1, 0.15) is 5.56 Å². The minimum absolute atomic E-state index is 0.170. The number of rotatable bonds is 5. The first-order valence-corrected chi connectivity index (χ1v) is 12.3. The van der Waals surface area contributed by atoms with E-state index in [2.05, 4.69) is 38.2 Å². The van der Waals surface area contributed by atoms with Gasteiger partial charge in [0.25, 0.3) is 5.56 Å². The minimum atomic E-state index is -0.436. The Labute approximate surface area is 223 Å². The first-order valence-electron chi connectivity index (χ1n) is 11.5. The maximum absolute atomic E-state index is 13.3. The van der Waals surface area contributed by atoms with E-state index in [9.17, 15) is 10.1 Å². The summed E-state index contributed by atoms with van der Waals surface area (Å²) in [7, 11) is 3.75. The predicted octanol–water partition coefficient (Wildman–Crippen LogP) is 4.46. The van der Waals surface area contributed by atoms with Crippen molar-refractivity contribution in [3.05, 3.63) is 74.8 Å². The number of ether oxygens (including phenoxy) is 1. The van der Waals surface area contributed by atoms with E-state index in [-0.39, 0.29) is 32.5 Å². The first kappa shape index (κ1) is 24.8. The van der Waals surface area contributed by atoms with Crippen molar-refractivity contribution in [2.45, 2.75) is 0 Å². The molecule has 0 amide bonds. The molecule has 2 aromatic heterocycles. The zero-order valence-electron chi connectivity index (χ0n) is 20.2. The highest BCUT2D eigenvalue weighted by Gasteiger charge is 2.19. The molecule has 1 fully saturated rings. The quantitative estimate of drug-likeness (QED) is 0.399. The standard InChI is InChI=1S/C26H23Cl2N7O2/c1-33-8-10-34(11-9-33)21-7-6-17(12-22(21)37-2)31-26-30-14-18-23(32-26)16(13-29)15-35(25(18)36)24-19(27)4-3-5-20(24)28/h3-7,12,14-15H,8-11H2,1-2H3,(H,30,31,32). The number of hydrogen-bond acceptors (Lipinski definition) is 8. The number of nitriles is 1. The summed E-state index contributed by atoms with van der Waals surface area (Å²) >= 11 is 12.6. The first-order chi connectivity index (χ1) is 17.9. The molecule has 188 valence electrons. The molecule has 37 heavy (non-hydrogen) atoms. The van der Waals surface area contributed by atoms with Gasteiger partial charge in [0.1, 0.15) is 17.3 Å². The van der Waals surface area contributed by atoms with Crippen LogP contribution in [0, 0.1) is 11.3 Å². The van der Waals surface area contributed by atoms with Gasteiger partial charge in [-0.25, -0.2) is 9.97 Å². The highest BCUT2D eigenvalue weighted by atomic mass is 35.5. The number of piperazine rings is 1. The molecule has 0 unspecified atom stereocenters. The summed E-state index contributed by atoms with van der Waals surface area (Å²) in [5, 5.41) is 13.7. The molecule has 0 bridgehead atoms. The maximum Gasteiger partial charge on any atom is 0.266 e. The summed E-state index contributed by atoms with van der Waals surface area (Å²) in [4.78, 5) is 26.7. The molecule has 1 aliphatic rings. The Bertz CT molecular complexity index is 1570. The largest absolute Gasteiger partial charge is 0.495 e. The summed E-state index contributed by atoms with van der Waals surface area (Å²) in [5.74, 6) is 0.971. The Kier molecular flexibility index (Phi) is 6.89. The van der Waals surface area contributed by atoms with Crippen molar-refractivity contribution in [2.24, 2.45) is 0 Å². The smallest absolute Gasteiger partial charge is 0.266 e. The van der Waals surface area contributed by atoms with Crippen LogP contribution in [0.15, 0.2) is 53.6 Å². The number of likely N-dealkylation sites (N-methyl/N-ethyl adjacent to an activating group) is 1. The average molecular weight is 536 g/mol. The Morgan fingerprint density at radius 3 is 2.51 bits per heavy atom. The van der Waals surface area contributed by atoms with Gasteiger partial charge in [-0.3, -0.25) is 9.36 Å². The van der Waals surface area contributed by atoms with Crippen LogP contribution >= 0.6 is 23.2 Å². The number of pyridine rings is 1. The molecular weight excluding hydrogens is 513 g/mol. The Hall–Kier alpha value is -3.84. The Morgan fingerprint density at radius 1 is 1.11 bits per heavy atom. The van der Waals surface area contributed by atoms with Gasteiger partial charge in [0.05, 0.1) is 39.5 Å². The van der Waals surface area contributed by atoms with Crippen molar-refractivity contribution in [1.82, 2.24) is 19.4 Å². The number of benzene rings is 2. The number of methoxy groups -OCH3 is 1. The van der Waals surface area contributed by atoms with Gasteiger partial charge in [-0.05, 0) is 31.3 Å². The molecule has 0 aliphatic carbocycles. The molecule has 1 aliphatic heterocycles. The number of fused-ring (bicyclic) bond motifs is 1. The van der Waals surface area contributed by atoms with Gasteiger partial charge >= 0.3 is 0 Å². The fourth-order valence-corrected chi connectivity index (χ4v) is 4.92. The normalized spacial score (nSPS) is 14.0. The lowest BCUT2D eigenvalue weighted by molar-refractivity contribution is 0.311. The van der Waals surface area contributed by atoms with Gasteiger partial charge in [0.2, 0.25) is 5.95 Å². The summed E-state index contributed by atoms with van der Waals surface area (Å²) in [6, 6.07) is 12.8. The van der Waals surface area contributed by atoms with Crippen LogP contribution in [0.25, 0.3) is 16.6 Å². The lowest BCUT2D eigenvalue weighted by Gasteiger charge is -2.34. The second-order valence-corrected chi connectivity index (χ2v) is 9.47. The fourth-order valence-electron chi connectivity index (χ4n) is 4.34. The zero-order chi connectivity index (χ0) is 26.1. The van der Waals surface area contributed by atoms with E-state index in [1.807, 2.05) is 18.2 Å². The molecule has 0 radical (unpaired) electrons. The number of para-hydroxylation sites is 1. The van der Waals surface area contributed by atoms with Gasteiger partial charge in [-0.2, -0.15) is 5.26 Å². The summed E-state index contributed by atoms with van der Waals surface area (Å²) in [5.41, 5.74) is 2.00. The van der Waals surface area contributed by atoms with E-state index in [4.69, 9.17) is 27.9 Å². The molecule has 4 aromatic rings. The van der Waals surface area contributed by atoms with E-state index in [0.717, 1.165) is 37.6 Å². The van der Waals surface area contributed by atoms with E-state index in [1.54, 1.807) is 25.3 Å². The van der Waals surface area contributed by atoms with Gasteiger partial charge < -0.3 is 19.9 Å². The number of nitrogens with zero attached hydrogens (tertiary/aromatic N) is 6. The van der Waals surface area contributed by atoms with E-state index < -0.39 is 5.56 Å². The second-order valence-electron chi connectivity index (χ2n) is 8.66. The van der Waals surface area contributed by atoms with Crippen LogP contribution in [0.5, 0.6) is 5.75 Å². The van der Waals surface area contributed by atoms with E-state index >= 15 is 0 Å². The molecule has 0 spiro atoms. The van der Waals surface area contributed by atoms with Crippen LogP contribution in [0.2, 0.25) is 10.0 Å². The zero-order valence-corrected chi connectivity index (χ0v) is 21.7. The number of hydrogen-bond donors (Lipinski definition) is 1. The lowest BCUT2D eigenvalue weighted by atomic mass is 10.2. The topological polar surface area (TPSA) is 99.3 Å². The van der Waals surface area contributed by atoms with Crippen molar-refractivity contribution in [3.63, 3.8) is 0 Å². The third kappa shape index (κ3) is 4.79. The highest BCUT2D eigenvalue weighted by Crippen LogP contribution is 2.33. The minimum Gasteiger partial charge on any atom is -0.495 e. The number of halogens is 2. The Balaban J connectivity index is 1.50. The van der Waals surface area contributed by atoms with Crippen LogP contribution in [-0.4, -0.2) is 59.8 Å². The number of aromatic nitrogens is 3. The Morgan fingerprint density at radius 2 is 1.84 bits per heavy atom. The third-order valence-electron chi connectivity index (χ3n) is 6.33. The predicted molar refractivity (Wildman–Crippen MR) is 146 cm³/mol. The lowest BCUT2D eigenvalue weighted by Crippen LogP contribution is -2.44. The molecule has 11 heteroatoms. The van der Waals surface area contributed by atoms with Crippen molar-refractivity contribution in [3.8, 4) is 17.5 Å². The molecular formula is C26H23Cl2N7O2. The van der Waals surface area contributed by atoms with E-state index in [1.165, 1.54) is 17.0 Å². The monoisotopic (exact) mass is 535 g/mol. The van der Waals surface area contributed by atoms with Crippen LogP contribution in [0.3, 0.4) is 0 Å². The molecule has 0 saturated carbocycles. The molecule has 2 aromatic carbocycles. The molecule has 5 rings (SSSR count). The molecule has 1 saturated heterocycles.